The first-order chi connectivity index (χ1) is 15.4. The van der Waals surface area contributed by atoms with Gasteiger partial charge in [0, 0.05) is 16.6 Å². The topological polar surface area (TPSA) is 119 Å². The molecule has 0 radical (unpaired) electrons. The Balaban J connectivity index is 1.34. The molecule has 0 saturated carbocycles. The first-order valence-corrected chi connectivity index (χ1v) is 9.95. The van der Waals surface area contributed by atoms with Gasteiger partial charge in [0.15, 0.2) is 12.4 Å². The molecule has 2 aromatic heterocycles. The lowest BCUT2D eigenvalue weighted by Crippen LogP contribution is -2.15. The zero-order chi connectivity index (χ0) is 22.7. The molecule has 0 saturated heterocycles. The monoisotopic (exact) mass is 434 g/mol. The summed E-state index contributed by atoms with van der Waals surface area (Å²) in [6.07, 6.45) is -0.0989. The Hall–Kier alpha value is -4.14. The number of carbonyl (C=O) groups is 2. The van der Waals surface area contributed by atoms with Gasteiger partial charge in [0.05, 0.1) is 24.8 Å². The summed E-state index contributed by atoms with van der Waals surface area (Å²) in [5.41, 5.74) is 4.07. The predicted octanol–water partition coefficient (Wildman–Crippen LogP) is 3.71. The van der Waals surface area contributed by atoms with Gasteiger partial charge in [0.2, 0.25) is 5.91 Å². The molecule has 2 aromatic carbocycles. The highest BCUT2D eigenvalue weighted by molar-refractivity contribution is 5.96. The molecule has 0 fully saturated rings. The summed E-state index contributed by atoms with van der Waals surface area (Å²) in [5, 5.41) is 7.48. The molecule has 1 amide bonds. The van der Waals surface area contributed by atoms with Crippen LogP contribution >= 0.6 is 0 Å². The maximum atomic E-state index is 12.4. The van der Waals surface area contributed by atoms with Crippen molar-refractivity contribution in [1.29, 1.82) is 0 Å². The van der Waals surface area contributed by atoms with E-state index in [4.69, 9.17) is 14.0 Å². The van der Waals surface area contributed by atoms with Crippen molar-refractivity contribution in [2.75, 3.05) is 12.4 Å². The van der Waals surface area contributed by atoms with Crippen molar-refractivity contribution in [2.24, 2.45) is 0 Å². The Kier molecular flexibility index (Phi) is 5.89. The van der Waals surface area contributed by atoms with Crippen LogP contribution in [0.3, 0.4) is 0 Å². The van der Waals surface area contributed by atoms with Gasteiger partial charge in [0.1, 0.15) is 5.75 Å². The Morgan fingerprint density at radius 1 is 1.16 bits per heavy atom. The number of nitrogens with one attached hydrogen (secondary N) is 2. The SMILES string of the molecule is COc1ccccc1NC(=O)Cc1noc(COC(=O)c2ccc3[nH]c(C)c(C)c3c2)n1. The molecule has 0 aliphatic heterocycles. The van der Waals surface area contributed by atoms with Crippen molar-refractivity contribution in [3.63, 3.8) is 0 Å². The lowest BCUT2D eigenvalue weighted by Gasteiger charge is -2.08. The van der Waals surface area contributed by atoms with Crippen LogP contribution in [0.2, 0.25) is 0 Å². The molecule has 0 atom stereocenters. The largest absolute Gasteiger partial charge is 0.495 e. The van der Waals surface area contributed by atoms with Gasteiger partial charge >= 0.3 is 5.97 Å². The summed E-state index contributed by atoms with van der Waals surface area (Å²) in [6.45, 7) is 3.79. The zero-order valence-corrected chi connectivity index (χ0v) is 17.9. The number of aromatic amines is 1. The fourth-order valence-electron chi connectivity index (χ4n) is 3.31. The summed E-state index contributed by atoms with van der Waals surface area (Å²) in [5.74, 6) is 0.00403. The van der Waals surface area contributed by atoms with E-state index in [1.807, 2.05) is 19.9 Å². The van der Waals surface area contributed by atoms with E-state index in [1.54, 1.807) is 36.4 Å². The molecule has 2 N–H and O–H groups in total. The van der Waals surface area contributed by atoms with E-state index in [0.29, 0.717) is 17.0 Å². The number of amides is 1. The number of fused-ring (bicyclic) bond motifs is 1. The molecule has 164 valence electrons. The number of rotatable bonds is 7. The number of aryl methyl sites for hydroxylation is 2. The molecule has 4 aromatic rings. The third kappa shape index (κ3) is 4.46. The molecule has 0 unspecified atom stereocenters. The molecule has 0 bridgehead atoms. The summed E-state index contributed by atoms with van der Waals surface area (Å²) in [4.78, 5) is 32.1. The van der Waals surface area contributed by atoms with Gasteiger partial charge in [-0.2, -0.15) is 4.98 Å². The van der Waals surface area contributed by atoms with Crippen molar-refractivity contribution < 1.29 is 23.6 Å². The van der Waals surface area contributed by atoms with Gasteiger partial charge in [-0.05, 0) is 49.7 Å². The van der Waals surface area contributed by atoms with Gasteiger partial charge in [-0.15, -0.1) is 0 Å². The Morgan fingerprint density at radius 3 is 2.78 bits per heavy atom. The van der Waals surface area contributed by atoms with Crippen molar-refractivity contribution >= 4 is 28.5 Å². The van der Waals surface area contributed by atoms with Crippen LogP contribution in [0.1, 0.15) is 33.3 Å². The maximum absolute atomic E-state index is 12.4. The number of para-hydroxylation sites is 2. The minimum atomic E-state index is -0.501. The smallest absolute Gasteiger partial charge is 0.338 e. The van der Waals surface area contributed by atoms with Gasteiger partial charge in [-0.3, -0.25) is 4.79 Å². The standard InChI is InChI=1S/C23H22N4O5/c1-13-14(2)24-17-9-8-15(10-16(13)17)23(29)31-12-22-26-20(27-32-22)11-21(28)25-18-6-4-5-7-19(18)30-3/h4-10,24H,11-12H2,1-3H3,(H,25,28). The lowest BCUT2D eigenvalue weighted by molar-refractivity contribution is -0.115. The maximum Gasteiger partial charge on any atom is 0.338 e. The number of esters is 1. The van der Waals surface area contributed by atoms with E-state index in [2.05, 4.69) is 20.4 Å². The van der Waals surface area contributed by atoms with Gasteiger partial charge in [-0.25, -0.2) is 4.79 Å². The molecule has 4 rings (SSSR count). The van der Waals surface area contributed by atoms with Crippen LogP contribution < -0.4 is 10.1 Å². The number of benzene rings is 2. The van der Waals surface area contributed by atoms with Crippen molar-refractivity contribution in [3.8, 4) is 5.75 Å². The average Bonchev–Trinajstić information content (AvgIpc) is 3.35. The lowest BCUT2D eigenvalue weighted by atomic mass is 10.1. The number of hydrogen-bond donors (Lipinski definition) is 2. The molecular weight excluding hydrogens is 412 g/mol. The minimum Gasteiger partial charge on any atom is -0.495 e. The quantitative estimate of drug-likeness (QED) is 0.426. The minimum absolute atomic E-state index is 0.0989. The second-order valence-corrected chi connectivity index (χ2v) is 7.24. The van der Waals surface area contributed by atoms with Crippen molar-refractivity contribution in [3.05, 3.63) is 71.0 Å². The van der Waals surface area contributed by atoms with Crippen LogP contribution in [0.5, 0.6) is 5.75 Å². The first-order valence-electron chi connectivity index (χ1n) is 9.95. The highest BCUT2D eigenvalue weighted by Gasteiger charge is 2.16. The highest BCUT2D eigenvalue weighted by atomic mass is 16.6. The van der Waals surface area contributed by atoms with E-state index < -0.39 is 5.97 Å². The number of carbonyl (C=O) groups excluding carboxylic acids is 2. The number of methoxy groups -OCH3 is 1. The van der Waals surface area contributed by atoms with Crippen LogP contribution in [0.4, 0.5) is 5.69 Å². The molecular formula is C23H22N4O5. The normalized spacial score (nSPS) is 10.8. The third-order valence-corrected chi connectivity index (χ3v) is 5.08. The average molecular weight is 434 g/mol. The second-order valence-electron chi connectivity index (χ2n) is 7.24. The fourth-order valence-corrected chi connectivity index (χ4v) is 3.31. The van der Waals surface area contributed by atoms with Gasteiger partial charge in [-0.1, -0.05) is 17.3 Å². The first kappa shape index (κ1) is 21.1. The van der Waals surface area contributed by atoms with Crippen LogP contribution in [0.15, 0.2) is 47.0 Å². The number of aromatic nitrogens is 3. The van der Waals surface area contributed by atoms with Crippen molar-refractivity contribution in [2.45, 2.75) is 26.9 Å². The Bertz CT molecular complexity index is 1290. The van der Waals surface area contributed by atoms with Crippen molar-refractivity contribution in [1.82, 2.24) is 15.1 Å². The highest BCUT2D eigenvalue weighted by Crippen LogP contribution is 2.24. The summed E-state index contributed by atoms with van der Waals surface area (Å²) in [6, 6.07) is 12.4. The van der Waals surface area contributed by atoms with Crippen LogP contribution in [-0.4, -0.2) is 34.1 Å². The molecule has 0 aliphatic carbocycles. The molecule has 32 heavy (non-hydrogen) atoms. The zero-order valence-electron chi connectivity index (χ0n) is 17.9. The number of H-pyrrole nitrogens is 1. The third-order valence-electron chi connectivity index (χ3n) is 5.08. The Morgan fingerprint density at radius 2 is 1.97 bits per heavy atom. The molecule has 9 nitrogen and oxygen atoms in total. The van der Waals surface area contributed by atoms with E-state index >= 15 is 0 Å². The molecule has 0 aliphatic rings. The molecule has 2 heterocycles. The number of ether oxygens (including phenoxy) is 2. The van der Waals surface area contributed by atoms with E-state index in [1.165, 1.54) is 7.11 Å². The van der Waals surface area contributed by atoms with Gasteiger partial charge < -0.3 is 24.3 Å². The van der Waals surface area contributed by atoms with E-state index in [0.717, 1.165) is 22.2 Å². The fraction of sp³-hybridized carbons (Fsp3) is 0.217. The van der Waals surface area contributed by atoms with Crippen LogP contribution in [0, 0.1) is 13.8 Å². The molecule has 0 spiro atoms. The summed E-state index contributed by atoms with van der Waals surface area (Å²) < 4.78 is 15.6. The second kappa shape index (κ2) is 8.93. The number of anilines is 1. The number of hydrogen-bond acceptors (Lipinski definition) is 7. The Labute approximate surface area is 183 Å². The summed E-state index contributed by atoms with van der Waals surface area (Å²) >= 11 is 0. The number of nitrogens with zero attached hydrogens (tertiary/aromatic N) is 2. The predicted molar refractivity (Wildman–Crippen MR) is 117 cm³/mol. The van der Waals surface area contributed by atoms with Crippen LogP contribution in [0.25, 0.3) is 10.9 Å². The molecule has 9 heteroatoms. The van der Waals surface area contributed by atoms with E-state index in [9.17, 15) is 9.59 Å². The van der Waals surface area contributed by atoms with Gasteiger partial charge in [0.25, 0.3) is 5.89 Å². The van der Waals surface area contributed by atoms with E-state index in [-0.39, 0.29) is 30.7 Å². The summed E-state index contributed by atoms with van der Waals surface area (Å²) in [7, 11) is 1.52. The van der Waals surface area contributed by atoms with Crippen LogP contribution in [-0.2, 0) is 22.6 Å².